The Balaban J connectivity index is 1.73. The Bertz CT molecular complexity index is 406. The van der Waals surface area contributed by atoms with Crippen molar-refractivity contribution >= 4 is 5.69 Å². The molecule has 0 heterocycles. The van der Waals surface area contributed by atoms with Crippen LogP contribution in [-0.2, 0) is 0 Å². The fraction of sp³-hybridized carbons (Fsp3) is 0.647. The Morgan fingerprint density at radius 2 is 1.90 bits per heavy atom. The standard InChI is InChI=1S/C17H28N2O2/c18-16-9-4-5-10-17(16)21-14-6-11-19(12-13-20)15-7-2-1-3-8-15/h4-5,9-10,15,20H,1-3,6-8,11-14,18H2. The van der Waals surface area contributed by atoms with Gasteiger partial charge in [-0.05, 0) is 31.4 Å². The quantitative estimate of drug-likeness (QED) is 0.571. The smallest absolute Gasteiger partial charge is 0.142 e. The summed E-state index contributed by atoms with van der Waals surface area (Å²) in [7, 11) is 0. The summed E-state index contributed by atoms with van der Waals surface area (Å²) in [4.78, 5) is 2.43. The highest BCUT2D eigenvalue weighted by atomic mass is 16.5. The molecule has 4 heteroatoms. The van der Waals surface area contributed by atoms with E-state index < -0.39 is 0 Å². The highest BCUT2D eigenvalue weighted by Gasteiger charge is 2.20. The van der Waals surface area contributed by atoms with Gasteiger partial charge in [0, 0.05) is 19.1 Å². The number of hydrogen-bond acceptors (Lipinski definition) is 4. The van der Waals surface area contributed by atoms with Crippen molar-refractivity contribution in [2.75, 3.05) is 32.0 Å². The summed E-state index contributed by atoms with van der Waals surface area (Å²) in [6.07, 6.45) is 7.51. The van der Waals surface area contributed by atoms with Crippen LogP contribution >= 0.6 is 0 Å². The first-order valence-corrected chi connectivity index (χ1v) is 8.13. The van der Waals surface area contributed by atoms with E-state index in [1.807, 2.05) is 24.3 Å². The van der Waals surface area contributed by atoms with Gasteiger partial charge in [-0.3, -0.25) is 4.90 Å². The maximum absolute atomic E-state index is 9.25. The third-order valence-electron chi connectivity index (χ3n) is 4.24. The van der Waals surface area contributed by atoms with Crippen LogP contribution in [0.5, 0.6) is 5.75 Å². The van der Waals surface area contributed by atoms with Gasteiger partial charge in [0.05, 0.1) is 18.9 Å². The highest BCUT2D eigenvalue weighted by molar-refractivity contribution is 5.51. The third-order valence-corrected chi connectivity index (χ3v) is 4.24. The van der Waals surface area contributed by atoms with Crippen molar-refractivity contribution in [2.24, 2.45) is 0 Å². The van der Waals surface area contributed by atoms with Crippen molar-refractivity contribution in [2.45, 2.75) is 44.6 Å². The molecular formula is C17H28N2O2. The molecule has 0 radical (unpaired) electrons. The van der Waals surface area contributed by atoms with Gasteiger partial charge < -0.3 is 15.6 Å². The van der Waals surface area contributed by atoms with Gasteiger partial charge in [-0.1, -0.05) is 31.4 Å². The first kappa shape index (κ1) is 16.1. The van der Waals surface area contributed by atoms with Crippen LogP contribution in [0.2, 0.25) is 0 Å². The van der Waals surface area contributed by atoms with E-state index in [2.05, 4.69) is 4.90 Å². The second kappa shape index (κ2) is 8.90. The summed E-state index contributed by atoms with van der Waals surface area (Å²) in [6.45, 7) is 2.67. The van der Waals surface area contributed by atoms with Crippen molar-refractivity contribution in [3.63, 3.8) is 0 Å². The first-order valence-electron chi connectivity index (χ1n) is 8.13. The fourth-order valence-corrected chi connectivity index (χ4v) is 3.11. The van der Waals surface area contributed by atoms with Gasteiger partial charge in [0.15, 0.2) is 0 Å². The number of benzene rings is 1. The van der Waals surface area contributed by atoms with Crippen LogP contribution in [0.15, 0.2) is 24.3 Å². The van der Waals surface area contributed by atoms with E-state index in [0.717, 1.165) is 25.3 Å². The van der Waals surface area contributed by atoms with E-state index in [1.54, 1.807) is 0 Å². The Morgan fingerprint density at radius 1 is 1.14 bits per heavy atom. The number of aliphatic hydroxyl groups is 1. The molecule has 0 atom stereocenters. The molecule has 3 N–H and O–H groups in total. The highest BCUT2D eigenvalue weighted by Crippen LogP contribution is 2.23. The summed E-state index contributed by atoms with van der Waals surface area (Å²) in [5.41, 5.74) is 6.55. The molecule has 1 saturated carbocycles. The average Bonchev–Trinajstić information content (AvgIpc) is 2.53. The maximum Gasteiger partial charge on any atom is 0.142 e. The molecule has 118 valence electrons. The Hall–Kier alpha value is -1.26. The van der Waals surface area contributed by atoms with Gasteiger partial charge in [-0.15, -0.1) is 0 Å². The van der Waals surface area contributed by atoms with Crippen LogP contribution < -0.4 is 10.5 Å². The number of hydrogen-bond donors (Lipinski definition) is 2. The van der Waals surface area contributed by atoms with E-state index in [9.17, 15) is 5.11 Å². The topological polar surface area (TPSA) is 58.7 Å². The van der Waals surface area contributed by atoms with E-state index in [4.69, 9.17) is 10.5 Å². The van der Waals surface area contributed by atoms with Crippen molar-refractivity contribution in [3.05, 3.63) is 24.3 Å². The number of anilines is 1. The molecule has 0 aliphatic heterocycles. The molecule has 21 heavy (non-hydrogen) atoms. The Labute approximate surface area is 127 Å². The summed E-state index contributed by atoms with van der Waals surface area (Å²) >= 11 is 0. The van der Waals surface area contributed by atoms with E-state index in [0.29, 0.717) is 18.3 Å². The van der Waals surface area contributed by atoms with Gasteiger partial charge in [0.2, 0.25) is 0 Å². The van der Waals surface area contributed by atoms with Crippen molar-refractivity contribution < 1.29 is 9.84 Å². The second-order valence-corrected chi connectivity index (χ2v) is 5.79. The number of nitrogen functional groups attached to an aromatic ring is 1. The van der Waals surface area contributed by atoms with Crippen LogP contribution in [-0.4, -0.2) is 42.4 Å². The van der Waals surface area contributed by atoms with Crippen LogP contribution in [0, 0.1) is 0 Å². The lowest BCUT2D eigenvalue weighted by atomic mass is 9.94. The van der Waals surface area contributed by atoms with Gasteiger partial charge in [-0.25, -0.2) is 0 Å². The lowest BCUT2D eigenvalue weighted by molar-refractivity contribution is 0.116. The van der Waals surface area contributed by atoms with Crippen LogP contribution in [0.3, 0.4) is 0 Å². The number of nitrogens with zero attached hydrogens (tertiary/aromatic N) is 1. The number of aliphatic hydroxyl groups excluding tert-OH is 1. The average molecular weight is 292 g/mol. The summed E-state index contributed by atoms with van der Waals surface area (Å²) < 4.78 is 5.74. The molecule has 0 saturated heterocycles. The molecular weight excluding hydrogens is 264 g/mol. The van der Waals surface area contributed by atoms with Gasteiger partial charge in [-0.2, -0.15) is 0 Å². The molecule has 1 fully saturated rings. The van der Waals surface area contributed by atoms with Gasteiger partial charge >= 0.3 is 0 Å². The molecule has 1 aliphatic carbocycles. The molecule has 4 nitrogen and oxygen atoms in total. The lowest BCUT2D eigenvalue weighted by Crippen LogP contribution is -2.39. The zero-order valence-electron chi connectivity index (χ0n) is 12.8. The van der Waals surface area contributed by atoms with Crippen molar-refractivity contribution in [3.8, 4) is 5.75 Å². The molecule has 1 aliphatic rings. The molecule has 0 unspecified atom stereocenters. The molecule has 1 aromatic rings. The van der Waals surface area contributed by atoms with Gasteiger partial charge in [0.25, 0.3) is 0 Å². The number of para-hydroxylation sites is 2. The predicted octanol–water partition coefficient (Wildman–Crippen LogP) is 2.66. The number of rotatable bonds is 8. The SMILES string of the molecule is Nc1ccccc1OCCCN(CCO)C1CCCCC1. The molecule has 0 amide bonds. The molecule has 0 aromatic heterocycles. The monoisotopic (exact) mass is 292 g/mol. The summed E-state index contributed by atoms with van der Waals surface area (Å²) in [6, 6.07) is 8.25. The fourth-order valence-electron chi connectivity index (χ4n) is 3.11. The lowest BCUT2D eigenvalue weighted by Gasteiger charge is -2.33. The largest absolute Gasteiger partial charge is 0.491 e. The van der Waals surface area contributed by atoms with Crippen LogP contribution in [0.4, 0.5) is 5.69 Å². The Morgan fingerprint density at radius 3 is 2.62 bits per heavy atom. The minimum atomic E-state index is 0.239. The first-order chi connectivity index (χ1) is 10.3. The second-order valence-electron chi connectivity index (χ2n) is 5.79. The molecule has 0 spiro atoms. The molecule has 1 aromatic carbocycles. The van der Waals surface area contributed by atoms with E-state index in [-0.39, 0.29) is 6.61 Å². The predicted molar refractivity (Wildman–Crippen MR) is 86.5 cm³/mol. The molecule has 0 bridgehead atoms. The zero-order valence-corrected chi connectivity index (χ0v) is 12.8. The van der Waals surface area contributed by atoms with Gasteiger partial charge in [0.1, 0.15) is 5.75 Å². The number of ether oxygens (including phenoxy) is 1. The summed E-state index contributed by atoms with van der Waals surface area (Å²) in [5, 5.41) is 9.25. The number of nitrogens with two attached hydrogens (primary N) is 1. The molecule has 2 rings (SSSR count). The van der Waals surface area contributed by atoms with Crippen LogP contribution in [0.25, 0.3) is 0 Å². The minimum absolute atomic E-state index is 0.239. The maximum atomic E-state index is 9.25. The summed E-state index contributed by atoms with van der Waals surface area (Å²) in [5.74, 6) is 0.767. The van der Waals surface area contributed by atoms with Crippen LogP contribution in [0.1, 0.15) is 38.5 Å². The Kier molecular flexibility index (Phi) is 6.83. The van der Waals surface area contributed by atoms with E-state index in [1.165, 1.54) is 32.1 Å². The normalized spacial score (nSPS) is 16.3. The van der Waals surface area contributed by atoms with E-state index >= 15 is 0 Å². The van der Waals surface area contributed by atoms with Crippen molar-refractivity contribution in [1.82, 2.24) is 4.90 Å². The third kappa shape index (κ3) is 5.21. The zero-order chi connectivity index (χ0) is 14.9. The minimum Gasteiger partial charge on any atom is -0.491 e. The van der Waals surface area contributed by atoms with Crippen molar-refractivity contribution in [1.29, 1.82) is 0 Å².